The second-order valence-corrected chi connectivity index (χ2v) is 8.78. The van der Waals surface area contributed by atoms with Gasteiger partial charge in [0, 0.05) is 24.9 Å². The number of hydrogen-bond donors (Lipinski definition) is 1. The fraction of sp³-hybridized carbons (Fsp3) is 0.471. The molecule has 0 bridgehead atoms. The Morgan fingerprint density at radius 2 is 2.24 bits per heavy atom. The van der Waals surface area contributed by atoms with Crippen LogP contribution in [0.5, 0.6) is 0 Å². The number of nitrogens with zero attached hydrogens (tertiary/aromatic N) is 2. The van der Waals surface area contributed by atoms with Crippen molar-refractivity contribution in [1.82, 2.24) is 9.88 Å². The van der Waals surface area contributed by atoms with E-state index in [1.807, 2.05) is 22.4 Å². The average molecular weight is 399 g/mol. The van der Waals surface area contributed by atoms with Crippen LogP contribution in [-0.2, 0) is 16.0 Å². The smallest absolute Gasteiger partial charge is 0.303 e. The summed E-state index contributed by atoms with van der Waals surface area (Å²) in [6.45, 7) is 1.41. The van der Waals surface area contributed by atoms with E-state index in [4.69, 9.17) is 16.7 Å². The lowest BCUT2D eigenvalue weighted by Gasteiger charge is -2.32. The molecule has 134 valence electrons. The molecule has 1 fully saturated rings. The van der Waals surface area contributed by atoms with Crippen LogP contribution in [0.25, 0.3) is 9.88 Å². The van der Waals surface area contributed by atoms with E-state index in [1.165, 1.54) is 22.7 Å². The van der Waals surface area contributed by atoms with Crippen LogP contribution >= 0.6 is 34.3 Å². The van der Waals surface area contributed by atoms with Crippen LogP contribution in [-0.4, -0.2) is 40.0 Å². The maximum Gasteiger partial charge on any atom is 0.303 e. The standard InChI is InChI=1S/C17H19ClN2O3S2/c18-14-5-4-13(25-14)17-19-12(10-24-17)8-15(21)20-7-1-2-11(9-20)3-6-16(22)23/h4-5,10-11H,1-3,6-9H2,(H,22,23)/t11-/m1/s1. The number of aliphatic carboxylic acids is 1. The van der Waals surface area contributed by atoms with E-state index in [0.29, 0.717) is 19.4 Å². The Morgan fingerprint density at radius 3 is 2.96 bits per heavy atom. The van der Waals surface area contributed by atoms with Gasteiger partial charge in [-0.25, -0.2) is 4.98 Å². The molecular formula is C17H19ClN2O3S2. The zero-order valence-corrected chi connectivity index (χ0v) is 16.0. The number of carbonyl (C=O) groups excluding carboxylic acids is 1. The molecule has 1 atom stereocenters. The highest BCUT2D eigenvalue weighted by atomic mass is 35.5. The van der Waals surface area contributed by atoms with E-state index in [2.05, 4.69) is 4.98 Å². The van der Waals surface area contributed by atoms with E-state index in [9.17, 15) is 9.59 Å². The first-order valence-electron chi connectivity index (χ1n) is 8.21. The molecule has 2 aromatic heterocycles. The molecule has 1 aliphatic heterocycles. The van der Waals surface area contributed by atoms with Crippen molar-refractivity contribution < 1.29 is 14.7 Å². The first-order valence-corrected chi connectivity index (χ1v) is 10.3. The fourth-order valence-electron chi connectivity index (χ4n) is 3.05. The van der Waals surface area contributed by atoms with Crippen molar-refractivity contribution in [3.8, 4) is 9.88 Å². The van der Waals surface area contributed by atoms with Crippen LogP contribution in [0.1, 0.15) is 31.4 Å². The van der Waals surface area contributed by atoms with Gasteiger partial charge < -0.3 is 10.0 Å². The van der Waals surface area contributed by atoms with E-state index >= 15 is 0 Å². The maximum absolute atomic E-state index is 12.6. The summed E-state index contributed by atoms with van der Waals surface area (Å²) in [5.74, 6) is -0.415. The summed E-state index contributed by atoms with van der Waals surface area (Å²) < 4.78 is 0.726. The molecule has 25 heavy (non-hydrogen) atoms. The van der Waals surface area contributed by atoms with Gasteiger partial charge in [0.1, 0.15) is 5.01 Å². The van der Waals surface area contributed by atoms with E-state index in [-0.39, 0.29) is 18.2 Å². The average Bonchev–Trinajstić information content (AvgIpc) is 3.22. The van der Waals surface area contributed by atoms with Gasteiger partial charge in [-0.05, 0) is 37.3 Å². The maximum atomic E-state index is 12.6. The summed E-state index contributed by atoms with van der Waals surface area (Å²) in [5.41, 5.74) is 0.780. The third-order valence-corrected chi connectivity index (χ3v) is 6.60. The summed E-state index contributed by atoms with van der Waals surface area (Å²) in [4.78, 5) is 30.7. The van der Waals surface area contributed by atoms with Crippen LogP contribution < -0.4 is 0 Å². The molecule has 0 spiro atoms. The van der Waals surface area contributed by atoms with Gasteiger partial charge >= 0.3 is 5.97 Å². The molecule has 0 saturated carbocycles. The largest absolute Gasteiger partial charge is 0.481 e. The van der Waals surface area contributed by atoms with E-state index in [0.717, 1.165) is 39.3 Å². The number of carboxylic acids is 1. The first-order chi connectivity index (χ1) is 12.0. The van der Waals surface area contributed by atoms with Crippen molar-refractivity contribution in [2.24, 2.45) is 5.92 Å². The predicted octanol–water partition coefficient (Wildman–Crippen LogP) is 4.17. The minimum absolute atomic E-state index is 0.0705. The number of piperidine rings is 1. The minimum Gasteiger partial charge on any atom is -0.481 e. The molecule has 5 nitrogen and oxygen atoms in total. The molecule has 1 N–H and O–H groups in total. The SMILES string of the molecule is O=C(O)CC[C@H]1CCCN(C(=O)Cc2csc(-c3ccc(Cl)s3)n2)C1. The van der Waals surface area contributed by atoms with Gasteiger partial charge in [-0.15, -0.1) is 22.7 Å². The number of hydrogen-bond acceptors (Lipinski definition) is 5. The zero-order valence-electron chi connectivity index (χ0n) is 13.6. The number of aromatic nitrogens is 1. The Bertz CT molecular complexity index is 759. The molecule has 0 unspecified atom stereocenters. The second kappa shape index (κ2) is 8.29. The van der Waals surface area contributed by atoms with Crippen LogP contribution in [0.15, 0.2) is 17.5 Å². The molecule has 8 heteroatoms. The predicted molar refractivity (Wildman–Crippen MR) is 100 cm³/mol. The number of thiophene rings is 1. The number of amides is 1. The van der Waals surface area contributed by atoms with Crippen LogP contribution in [0.3, 0.4) is 0 Å². The number of rotatable bonds is 6. The summed E-state index contributed by atoms with van der Waals surface area (Å²) in [6.07, 6.45) is 3.04. The highest BCUT2D eigenvalue weighted by molar-refractivity contribution is 7.23. The molecule has 2 aromatic rings. The van der Waals surface area contributed by atoms with Gasteiger partial charge in [0.25, 0.3) is 0 Å². The van der Waals surface area contributed by atoms with Gasteiger partial charge in [0.2, 0.25) is 5.91 Å². The van der Waals surface area contributed by atoms with Gasteiger partial charge in [-0.3, -0.25) is 9.59 Å². The van der Waals surface area contributed by atoms with Crippen molar-refractivity contribution >= 4 is 46.2 Å². The zero-order chi connectivity index (χ0) is 17.8. The van der Waals surface area contributed by atoms with E-state index < -0.39 is 5.97 Å². The Balaban J connectivity index is 1.56. The molecule has 1 aliphatic rings. The lowest BCUT2D eigenvalue weighted by Crippen LogP contribution is -2.40. The first kappa shape index (κ1) is 18.4. The van der Waals surface area contributed by atoms with Crippen molar-refractivity contribution in [3.63, 3.8) is 0 Å². The lowest BCUT2D eigenvalue weighted by molar-refractivity contribution is -0.137. The molecule has 1 saturated heterocycles. The molecule has 0 aliphatic carbocycles. The molecule has 0 aromatic carbocycles. The normalized spacial score (nSPS) is 17.6. The number of halogens is 1. The number of likely N-dealkylation sites (tertiary alicyclic amines) is 1. The topological polar surface area (TPSA) is 70.5 Å². The monoisotopic (exact) mass is 398 g/mol. The Kier molecular flexibility index (Phi) is 6.09. The van der Waals surface area contributed by atoms with E-state index in [1.54, 1.807) is 0 Å². The Hall–Kier alpha value is -1.44. The summed E-state index contributed by atoms with van der Waals surface area (Å²) >= 11 is 8.96. The fourth-order valence-corrected chi connectivity index (χ4v) is 4.99. The van der Waals surface area contributed by atoms with Gasteiger partial charge in [0.05, 0.1) is 21.3 Å². The van der Waals surface area contributed by atoms with Gasteiger partial charge in [0.15, 0.2) is 0 Å². The van der Waals surface area contributed by atoms with Crippen molar-refractivity contribution in [2.45, 2.75) is 32.1 Å². The summed E-state index contributed by atoms with van der Waals surface area (Å²) in [5, 5.41) is 11.6. The quantitative estimate of drug-likeness (QED) is 0.792. The molecule has 1 amide bonds. The highest BCUT2D eigenvalue weighted by Gasteiger charge is 2.24. The third kappa shape index (κ3) is 5.03. The highest BCUT2D eigenvalue weighted by Crippen LogP contribution is 2.33. The Morgan fingerprint density at radius 1 is 1.40 bits per heavy atom. The number of carboxylic acid groups (broad SMARTS) is 1. The van der Waals surface area contributed by atoms with Crippen LogP contribution in [0, 0.1) is 5.92 Å². The summed E-state index contributed by atoms with van der Waals surface area (Å²) in [6, 6.07) is 3.79. The Labute approximate surface area is 159 Å². The van der Waals surface area contributed by atoms with Crippen LogP contribution in [0.4, 0.5) is 0 Å². The number of carbonyl (C=O) groups is 2. The van der Waals surface area contributed by atoms with Gasteiger partial charge in [-0.1, -0.05) is 11.6 Å². The van der Waals surface area contributed by atoms with Crippen molar-refractivity contribution in [2.75, 3.05) is 13.1 Å². The van der Waals surface area contributed by atoms with Crippen molar-refractivity contribution in [3.05, 3.63) is 27.5 Å². The minimum atomic E-state index is -0.771. The number of thiazole rings is 1. The molecule has 0 radical (unpaired) electrons. The lowest BCUT2D eigenvalue weighted by atomic mass is 9.93. The molecular weight excluding hydrogens is 380 g/mol. The molecule has 3 rings (SSSR count). The summed E-state index contributed by atoms with van der Waals surface area (Å²) in [7, 11) is 0. The van der Waals surface area contributed by atoms with Crippen molar-refractivity contribution in [1.29, 1.82) is 0 Å². The third-order valence-electron chi connectivity index (χ3n) is 4.31. The van der Waals surface area contributed by atoms with Crippen LogP contribution in [0.2, 0.25) is 4.34 Å². The second-order valence-electron chi connectivity index (χ2n) is 6.20. The van der Waals surface area contributed by atoms with Gasteiger partial charge in [-0.2, -0.15) is 0 Å². The molecule has 3 heterocycles.